The van der Waals surface area contributed by atoms with E-state index < -0.39 is 0 Å². The molecule has 4 aromatic carbocycles. The molecular formula is C33H34Cl2FN3O. The van der Waals surface area contributed by atoms with Crippen molar-refractivity contribution in [3.05, 3.63) is 112 Å². The number of nitrogens with zero attached hydrogens (tertiary/aromatic N) is 1. The number of hydrogen-bond donors (Lipinski definition) is 2. The van der Waals surface area contributed by atoms with E-state index in [1.807, 2.05) is 30.3 Å². The topological polar surface area (TPSA) is 44.4 Å². The predicted molar refractivity (Wildman–Crippen MR) is 164 cm³/mol. The summed E-state index contributed by atoms with van der Waals surface area (Å²) in [5.41, 5.74) is 2.66. The van der Waals surface area contributed by atoms with Gasteiger partial charge in [-0.25, -0.2) is 4.39 Å². The molecule has 7 heteroatoms. The number of rotatable bonds is 9. The van der Waals surface area contributed by atoms with Crippen LogP contribution in [0.15, 0.2) is 84.9 Å². The van der Waals surface area contributed by atoms with Crippen molar-refractivity contribution in [2.45, 2.75) is 44.2 Å². The Morgan fingerprint density at radius 1 is 0.925 bits per heavy atom. The monoisotopic (exact) mass is 577 g/mol. The standard InChI is InChI=1S/C33H34Cl2FN3O/c1-22(39-17-15-26(16-18-39)38-25-7-3-2-4-8-25)19-24(23-11-13-30(34)31(35)20-23)21-37-33(40)29-12-14-32(36)28-10-6-5-9-27(28)29/h2-14,20,22,24,26,38H,15-19,21H2,1H3,(H,37,40). The minimum absolute atomic E-state index is 0.0283. The Labute approximate surface area is 245 Å². The van der Waals surface area contributed by atoms with Gasteiger partial charge in [-0.3, -0.25) is 4.79 Å². The SMILES string of the molecule is CC(CC(CNC(=O)c1ccc(F)c2ccccc12)c1ccc(Cl)c(Cl)c1)N1CCC(Nc2ccccc2)CC1. The average Bonchev–Trinajstić information content (AvgIpc) is 2.98. The third kappa shape index (κ3) is 6.77. The summed E-state index contributed by atoms with van der Waals surface area (Å²) in [5.74, 6) is -0.528. The van der Waals surface area contributed by atoms with Crippen LogP contribution in [0.5, 0.6) is 0 Å². The van der Waals surface area contributed by atoms with Gasteiger partial charge in [0.2, 0.25) is 0 Å². The first-order valence-corrected chi connectivity index (χ1v) is 14.6. The van der Waals surface area contributed by atoms with Crippen molar-refractivity contribution in [1.29, 1.82) is 0 Å². The lowest BCUT2D eigenvalue weighted by molar-refractivity contribution is 0.0948. The molecule has 0 radical (unpaired) electrons. The number of hydrogen-bond acceptors (Lipinski definition) is 3. The van der Waals surface area contributed by atoms with Crippen molar-refractivity contribution in [3.8, 4) is 0 Å². The smallest absolute Gasteiger partial charge is 0.251 e. The Kier molecular flexibility index (Phi) is 9.25. The molecule has 208 valence electrons. The van der Waals surface area contributed by atoms with Crippen molar-refractivity contribution in [3.63, 3.8) is 0 Å². The van der Waals surface area contributed by atoms with Crippen molar-refractivity contribution in [2.24, 2.45) is 0 Å². The molecule has 1 fully saturated rings. The molecule has 2 unspecified atom stereocenters. The van der Waals surface area contributed by atoms with Gasteiger partial charge in [0, 0.05) is 54.3 Å². The zero-order chi connectivity index (χ0) is 28.1. The Bertz CT molecular complexity index is 1460. The van der Waals surface area contributed by atoms with Crippen LogP contribution in [0.2, 0.25) is 10.0 Å². The average molecular weight is 579 g/mol. The van der Waals surface area contributed by atoms with E-state index in [1.165, 1.54) is 11.8 Å². The third-order valence-corrected chi connectivity index (χ3v) is 8.70. The maximum atomic E-state index is 14.3. The van der Waals surface area contributed by atoms with Gasteiger partial charge in [-0.15, -0.1) is 0 Å². The first-order valence-electron chi connectivity index (χ1n) is 13.8. The normalized spacial score (nSPS) is 16.0. The molecule has 1 aliphatic heterocycles. The van der Waals surface area contributed by atoms with E-state index in [1.54, 1.807) is 24.3 Å². The number of anilines is 1. The van der Waals surface area contributed by atoms with Gasteiger partial charge in [0.15, 0.2) is 0 Å². The van der Waals surface area contributed by atoms with Crippen LogP contribution in [0.1, 0.15) is 48.0 Å². The number of fused-ring (bicyclic) bond motifs is 1. The molecule has 1 amide bonds. The maximum Gasteiger partial charge on any atom is 0.251 e. The third-order valence-electron chi connectivity index (χ3n) is 7.96. The molecule has 0 aliphatic carbocycles. The highest BCUT2D eigenvalue weighted by Gasteiger charge is 2.26. The van der Waals surface area contributed by atoms with Crippen molar-refractivity contribution in [2.75, 3.05) is 25.0 Å². The fraction of sp³-hybridized carbons (Fsp3) is 0.303. The van der Waals surface area contributed by atoms with Crippen LogP contribution in [0.25, 0.3) is 10.8 Å². The lowest BCUT2D eigenvalue weighted by Gasteiger charge is -2.38. The van der Waals surface area contributed by atoms with Crippen LogP contribution >= 0.6 is 23.2 Å². The van der Waals surface area contributed by atoms with Crippen molar-refractivity contribution < 1.29 is 9.18 Å². The summed E-state index contributed by atoms with van der Waals surface area (Å²) in [4.78, 5) is 15.8. The molecule has 4 aromatic rings. The summed E-state index contributed by atoms with van der Waals surface area (Å²) < 4.78 is 14.3. The van der Waals surface area contributed by atoms with Crippen LogP contribution in [-0.2, 0) is 0 Å². The van der Waals surface area contributed by atoms with E-state index in [0.29, 0.717) is 45.0 Å². The zero-order valence-corrected chi connectivity index (χ0v) is 24.1. The van der Waals surface area contributed by atoms with E-state index in [4.69, 9.17) is 23.2 Å². The molecule has 40 heavy (non-hydrogen) atoms. The van der Waals surface area contributed by atoms with Gasteiger partial charge in [-0.1, -0.05) is 71.7 Å². The van der Waals surface area contributed by atoms with Gasteiger partial charge in [-0.2, -0.15) is 0 Å². The summed E-state index contributed by atoms with van der Waals surface area (Å²) in [6.07, 6.45) is 3.00. The molecule has 0 bridgehead atoms. The van der Waals surface area contributed by atoms with Gasteiger partial charge in [0.1, 0.15) is 5.82 Å². The largest absolute Gasteiger partial charge is 0.382 e. The molecule has 1 aliphatic rings. The highest BCUT2D eigenvalue weighted by molar-refractivity contribution is 6.42. The lowest BCUT2D eigenvalue weighted by atomic mass is 9.90. The summed E-state index contributed by atoms with van der Waals surface area (Å²) in [5, 5.41) is 8.83. The molecule has 4 nitrogen and oxygen atoms in total. The van der Waals surface area contributed by atoms with Crippen LogP contribution in [-0.4, -0.2) is 42.5 Å². The number of piperidine rings is 1. The van der Waals surface area contributed by atoms with Gasteiger partial charge >= 0.3 is 0 Å². The molecular weight excluding hydrogens is 544 g/mol. The predicted octanol–water partition coefficient (Wildman–Crippen LogP) is 8.15. The molecule has 0 aromatic heterocycles. The van der Waals surface area contributed by atoms with Crippen molar-refractivity contribution in [1.82, 2.24) is 10.2 Å². The van der Waals surface area contributed by atoms with Gasteiger partial charge in [0.05, 0.1) is 10.0 Å². The number of benzene rings is 4. The Hall–Kier alpha value is -3.12. The summed E-state index contributed by atoms with van der Waals surface area (Å²) in [7, 11) is 0. The van der Waals surface area contributed by atoms with E-state index >= 15 is 0 Å². The fourth-order valence-electron chi connectivity index (χ4n) is 5.69. The van der Waals surface area contributed by atoms with Gasteiger partial charge in [-0.05, 0) is 73.5 Å². The second-order valence-electron chi connectivity index (χ2n) is 10.6. The quantitative estimate of drug-likeness (QED) is 0.211. The number of carbonyl (C=O) groups excluding carboxylic acids is 1. The second-order valence-corrected chi connectivity index (χ2v) is 11.4. The van der Waals surface area contributed by atoms with E-state index in [-0.39, 0.29) is 17.6 Å². The number of amides is 1. The maximum absolute atomic E-state index is 14.3. The number of para-hydroxylation sites is 1. The minimum atomic E-state index is -0.336. The molecule has 5 rings (SSSR count). The molecule has 0 spiro atoms. The Morgan fingerprint density at radius 2 is 1.62 bits per heavy atom. The zero-order valence-electron chi connectivity index (χ0n) is 22.5. The van der Waals surface area contributed by atoms with Crippen LogP contribution in [0.3, 0.4) is 0 Å². The molecule has 2 atom stereocenters. The number of likely N-dealkylation sites (tertiary alicyclic amines) is 1. The second kappa shape index (κ2) is 13.0. The number of halogens is 3. The summed E-state index contributed by atoms with van der Waals surface area (Å²) in [6, 6.07) is 26.8. The molecule has 0 saturated carbocycles. The fourth-order valence-corrected chi connectivity index (χ4v) is 6.00. The first kappa shape index (κ1) is 28.4. The number of carbonyl (C=O) groups is 1. The highest BCUT2D eigenvalue weighted by atomic mass is 35.5. The molecule has 1 saturated heterocycles. The molecule has 1 heterocycles. The van der Waals surface area contributed by atoms with E-state index in [0.717, 1.165) is 37.9 Å². The van der Waals surface area contributed by atoms with Gasteiger partial charge < -0.3 is 15.5 Å². The van der Waals surface area contributed by atoms with Gasteiger partial charge in [0.25, 0.3) is 5.91 Å². The highest BCUT2D eigenvalue weighted by Crippen LogP contribution is 2.31. The Balaban J connectivity index is 1.26. The summed E-state index contributed by atoms with van der Waals surface area (Å²) >= 11 is 12.6. The first-order chi connectivity index (χ1) is 19.4. The van der Waals surface area contributed by atoms with E-state index in [9.17, 15) is 9.18 Å². The Morgan fingerprint density at radius 3 is 2.35 bits per heavy atom. The molecule has 2 N–H and O–H groups in total. The lowest BCUT2D eigenvalue weighted by Crippen LogP contribution is -2.44. The minimum Gasteiger partial charge on any atom is -0.382 e. The van der Waals surface area contributed by atoms with Crippen LogP contribution in [0.4, 0.5) is 10.1 Å². The van der Waals surface area contributed by atoms with Crippen molar-refractivity contribution >= 4 is 45.6 Å². The summed E-state index contributed by atoms with van der Waals surface area (Å²) in [6.45, 7) is 4.70. The number of nitrogens with one attached hydrogen (secondary N) is 2. The van der Waals surface area contributed by atoms with Crippen LogP contribution in [0, 0.1) is 5.82 Å². The van der Waals surface area contributed by atoms with Crippen LogP contribution < -0.4 is 10.6 Å². The van der Waals surface area contributed by atoms with E-state index in [2.05, 4.69) is 46.7 Å².